The van der Waals surface area contributed by atoms with E-state index in [0.29, 0.717) is 30.8 Å². The Kier molecular flexibility index (Phi) is 10.0. The van der Waals surface area contributed by atoms with Gasteiger partial charge in [-0.25, -0.2) is 4.98 Å². The molecule has 0 bridgehead atoms. The van der Waals surface area contributed by atoms with E-state index in [1.807, 2.05) is 30.3 Å². The molecule has 6 nitrogen and oxygen atoms in total. The van der Waals surface area contributed by atoms with Crippen molar-refractivity contribution in [3.63, 3.8) is 0 Å². The van der Waals surface area contributed by atoms with Crippen molar-refractivity contribution in [2.45, 2.75) is 6.54 Å². The van der Waals surface area contributed by atoms with Crippen molar-refractivity contribution in [1.82, 2.24) is 15.6 Å². The van der Waals surface area contributed by atoms with Gasteiger partial charge in [-0.05, 0) is 35.9 Å². The van der Waals surface area contributed by atoms with Crippen LogP contribution in [-0.2, 0) is 6.54 Å². The molecule has 0 saturated carbocycles. The lowest BCUT2D eigenvalue weighted by molar-refractivity contribution is 0.321. The van der Waals surface area contributed by atoms with Crippen LogP contribution in [0.5, 0.6) is 11.5 Å². The Bertz CT molecular complexity index is 651. The van der Waals surface area contributed by atoms with Crippen LogP contribution in [0.15, 0.2) is 47.6 Å². The van der Waals surface area contributed by atoms with E-state index < -0.39 is 0 Å². The Labute approximate surface area is 170 Å². The number of ether oxygens (including phenoxy) is 2. The molecular weight excluding hydrogens is 455 g/mol. The van der Waals surface area contributed by atoms with Crippen molar-refractivity contribution < 1.29 is 9.47 Å². The topological polar surface area (TPSA) is 67.8 Å². The van der Waals surface area contributed by atoms with Gasteiger partial charge in [0.15, 0.2) is 5.96 Å². The third kappa shape index (κ3) is 7.78. The molecule has 0 unspecified atom stereocenters. The van der Waals surface area contributed by atoms with Crippen LogP contribution in [0.1, 0.15) is 5.56 Å². The number of nitrogens with one attached hydrogen (secondary N) is 2. The van der Waals surface area contributed by atoms with Gasteiger partial charge in [0, 0.05) is 19.8 Å². The number of halogens is 2. The van der Waals surface area contributed by atoms with Crippen molar-refractivity contribution in [3.05, 3.63) is 53.3 Å². The highest BCUT2D eigenvalue weighted by Crippen LogP contribution is 2.16. The van der Waals surface area contributed by atoms with Gasteiger partial charge in [-0.1, -0.05) is 17.7 Å². The van der Waals surface area contributed by atoms with Crippen LogP contribution in [0, 0.1) is 0 Å². The molecule has 1 heterocycles. The second kappa shape index (κ2) is 11.8. The van der Waals surface area contributed by atoms with Gasteiger partial charge < -0.3 is 20.1 Å². The van der Waals surface area contributed by atoms with Crippen molar-refractivity contribution in [1.29, 1.82) is 0 Å². The van der Waals surface area contributed by atoms with Crippen molar-refractivity contribution in [3.8, 4) is 11.5 Å². The standard InChI is InChI=1S/C17H21ClN4O2.HI/c1-19-17(22-12-13-3-8-16(18)21-11-13)20-9-10-24-15-6-4-14(23-2)5-7-15;/h3-8,11H,9-10,12H2,1-2H3,(H2,19,20,22);1H. The Hall–Kier alpha value is -1.74. The maximum atomic E-state index is 5.77. The summed E-state index contributed by atoms with van der Waals surface area (Å²) in [5.41, 5.74) is 1.02. The molecule has 2 aromatic rings. The molecule has 0 fully saturated rings. The van der Waals surface area contributed by atoms with Gasteiger partial charge in [0.1, 0.15) is 23.3 Å². The third-order valence-electron chi connectivity index (χ3n) is 3.19. The molecule has 0 amide bonds. The minimum atomic E-state index is 0. The molecule has 0 spiro atoms. The predicted molar refractivity (Wildman–Crippen MR) is 111 cm³/mol. The predicted octanol–water partition coefficient (Wildman–Crippen LogP) is 3.11. The second-order valence-electron chi connectivity index (χ2n) is 4.87. The molecule has 1 aromatic heterocycles. The van der Waals surface area contributed by atoms with E-state index >= 15 is 0 Å². The van der Waals surface area contributed by atoms with Gasteiger partial charge in [0.25, 0.3) is 0 Å². The molecule has 0 aliphatic heterocycles. The van der Waals surface area contributed by atoms with E-state index in [-0.39, 0.29) is 24.0 Å². The van der Waals surface area contributed by atoms with E-state index in [2.05, 4.69) is 20.6 Å². The highest BCUT2D eigenvalue weighted by Gasteiger charge is 2.00. The molecule has 0 atom stereocenters. The third-order valence-corrected chi connectivity index (χ3v) is 3.42. The zero-order chi connectivity index (χ0) is 17.2. The molecule has 2 N–H and O–H groups in total. The number of rotatable bonds is 7. The number of methoxy groups -OCH3 is 1. The smallest absolute Gasteiger partial charge is 0.191 e. The number of pyridine rings is 1. The number of benzene rings is 1. The maximum absolute atomic E-state index is 5.77. The summed E-state index contributed by atoms with van der Waals surface area (Å²) < 4.78 is 10.8. The van der Waals surface area contributed by atoms with Crippen LogP contribution in [0.25, 0.3) is 0 Å². The zero-order valence-electron chi connectivity index (χ0n) is 14.2. The molecule has 136 valence electrons. The van der Waals surface area contributed by atoms with Crippen molar-refractivity contribution in [2.24, 2.45) is 4.99 Å². The van der Waals surface area contributed by atoms with Gasteiger partial charge in [-0.2, -0.15) is 0 Å². The van der Waals surface area contributed by atoms with Crippen molar-refractivity contribution in [2.75, 3.05) is 27.3 Å². The highest BCUT2D eigenvalue weighted by molar-refractivity contribution is 14.0. The Morgan fingerprint density at radius 1 is 1.12 bits per heavy atom. The average molecular weight is 477 g/mol. The Balaban J connectivity index is 0.00000312. The molecule has 25 heavy (non-hydrogen) atoms. The van der Waals surface area contributed by atoms with Gasteiger partial charge >= 0.3 is 0 Å². The quantitative estimate of drug-likeness (QED) is 0.211. The number of guanidine groups is 1. The van der Waals surface area contributed by atoms with E-state index in [0.717, 1.165) is 17.1 Å². The summed E-state index contributed by atoms with van der Waals surface area (Å²) in [6.45, 7) is 1.77. The van der Waals surface area contributed by atoms with E-state index in [1.165, 1.54) is 0 Å². The largest absolute Gasteiger partial charge is 0.497 e. The van der Waals surface area contributed by atoms with Gasteiger partial charge in [0.05, 0.1) is 13.7 Å². The summed E-state index contributed by atoms with van der Waals surface area (Å²) in [5, 5.41) is 6.87. The number of hydrogen-bond donors (Lipinski definition) is 2. The van der Waals surface area contributed by atoms with E-state index in [1.54, 1.807) is 26.4 Å². The Morgan fingerprint density at radius 3 is 2.44 bits per heavy atom. The average Bonchev–Trinajstić information content (AvgIpc) is 2.63. The molecule has 0 aliphatic rings. The first-order valence-corrected chi connectivity index (χ1v) is 7.91. The maximum Gasteiger partial charge on any atom is 0.191 e. The summed E-state index contributed by atoms with van der Waals surface area (Å²) in [7, 11) is 3.36. The molecule has 1 aromatic carbocycles. The lowest BCUT2D eigenvalue weighted by Gasteiger charge is -2.12. The lowest BCUT2D eigenvalue weighted by Crippen LogP contribution is -2.38. The number of hydrogen-bond acceptors (Lipinski definition) is 4. The second-order valence-corrected chi connectivity index (χ2v) is 5.25. The van der Waals surface area contributed by atoms with Crippen LogP contribution in [0.3, 0.4) is 0 Å². The van der Waals surface area contributed by atoms with Crippen LogP contribution >= 0.6 is 35.6 Å². The van der Waals surface area contributed by atoms with Gasteiger partial charge in [-0.3, -0.25) is 4.99 Å². The molecule has 2 rings (SSSR count). The molecule has 0 aliphatic carbocycles. The molecular formula is C17H22ClIN4O2. The van der Waals surface area contributed by atoms with Crippen LogP contribution in [-0.4, -0.2) is 38.3 Å². The summed E-state index contributed by atoms with van der Waals surface area (Å²) in [6, 6.07) is 11.2. The summed E-state index contributed by atoms with van der Waals surface area (Å²) >= 11 is 5.77. The normalized spacial score (nSPS) is 10.6. The Morgan fingerprint density at radius 2 is 1.84 bits per heavy atom. The fourth-order valence-corrected chi connectivity index (χ4v) is 2.04. The summed E-state index contributed by atoms with van der Waals surface area (Å²) in [6.07, 6.45) is 1.73. The fraction of sp³-hybridized carbons (Fsp3) is 0.294. The highest BCUT2D eigenvalue weighted by atomic mass is 127. The van der Waals surface area contributed by atoms with Crippen LogP contribution in [0.4, 0.5) is 0 Å². The zero-order valence-corrected chi connectivity index (χ0v) is 17.2. The minimum Gasteiger partial charge on any atom is -0.497 e. The van der Waals surface area contributed by atoms with Crippen LogP contribution in [0.2, 0.25) is 5.15 Å². The van der Waals surface area contributed by atoms with Crippen molar-refractivity contribution >= 4 is 41.5 Å². The lowest BCUT2D eigenvalue weighted by atomic mass is 10.3. The minimum absolute atomic E-state index is 0. The number of nitrogens with zero attached hydrogens (tertiary/aromatic N) is 2. The first-order chi connectivity index (χ1) is 11.7. The van der Waals surface area contributed by atoms with Crippen LogP contribution < -0.4 is 20.1 Å². The molecule has 0 saturated heterocycles. The van der Waals surface area contributed by atoms with Gasteiger partial charge in [-0.15, -0.1) is 24.0 Å². The fourth-order valence-electron chi connectivity index (χ4n) is 1.93. The first-order valence-electron chi connectivity index (χ1n) is 7.53. The molecule has 8 heteroatoms. The monoisotopic (exact) mass is 476 g/mol. The number of aromatic nitrogens is 1. The van der Waals surface area contributed by atoms with E-state index in [4.69, 9.17) is 21.1 Å². The number of aliphatic imine (C=N–C) groups is 1. The van der Waals surface area contributed by atoms with Gasteiger partial charge in [0.2, 0.25) is 0 Å². The summed E-state index contributed by atoms with van der Waals surface area (Å²) in [5.74, 6) is 2.30. The molecule has 0 radical (unpaired) electrons. The van der Waals surface area contributed by atoms with E-state index in [9.17, 15) is 0 Å². The first kappa shape index (κ1) is 21.3. The SMILES string of the molecule is CN=C(NCCOc1ccc(OC)cc1)NCc1ccc(Cl)nc1.I. The summed E-state index contributed by atoms with van der Waals surface area (Å²) in [4.78, 5) is 8.20.